The van der Waals surface area contributed by atoms with Crippen molar-refractivity contribution in [1.29, 1.82) is 0 Å². The fraction of sp³-hybridized carbons (Fsp3) is 0.190. The fourth-order valence-electron chi connectivity index (χ4n) is 2.64. The number of aryl methyl sites for hydroxylation is 1. The maximum atomic E-state index is 12.5. The lowest BCUT2D eigenvalue weighted by atomic mass is 10.0. The van der Waals surface area contributed by atoms with Gasteiger partial charge in [-0.15, -0.1) is 0 Å². The molecule has 0 saturated carbocycles. The monoisotopic (exact) mass is 351 g/mol. The molecule has 0 radical (unpaired) electrons. The number of benzene rings is 2. The Bertz CT molecular complexity index is 828. The lowest BCUT2D eigenvalue weighted by molar-refractivity contribution is 0.0299. The average Bonchev–Trinajstić information content (AvgIpc) is 3.21. The molecule has 0 aliphatic carbocycles. The van der Waals surface area contributed by atoms with Crippen LogP contribution < -0.4 is 10.2 Å². The highest BCUT2D eigenvalue weighted by atomic mass is 16.6. The molecule has 0 aliphatic rings. The Labute approximate surface area is 152 Å². The van der Waals surface area contributed by atoms with Crippen LogP contribution in [0.3, 0.4) is 0 Å². The third kappa shape index (κ3) is 4.52. The second-order valence-corrected chi connectivity index (χ2v) is 5.74. The zero-order valence-electron chi connectivity index (χ0n) is 14.6. The van der Waals surface area contributed by atoms with E-state index in [4.69, 9.17) is 14.0 Å². The molecule has 0 atom stereocenters. The minimum atomic E-state index is -0.336. The van der Waals surface area contributed by atoms with Gasteiger partial charge in [-0.25, -0.2) is 5.48 Å². The normalized spacial score (nSPS) is 10.5. The molecular formula is C21H21NO4. The van der Waals surface area contributed by atoms with Gasteiger partial charge in [-0.05, 0) is 41.8 Å². The molecule has 5 nitrogen and oxygen atoms in total. The van der Waals surface area contributed by atoms with E-state index < -0.39 is 0 Å². The first-order valence-electron chi connectivity index (χ1n) is 8.46. The van der Waals surface area contributed by atoms with Gasteiger partial charge in [0.25, 0.3) is 5.91 Å². The van der Waals surface area contributed by atoms with Crippen molar-refractivity contribution in [2.75, 3.05) is 13.7 Å². The highest BCUT2D eigenvalue weighted by molar-refractivity contribution is 5.97. The van der Waals surface area contributed by atoms with Crippen molar-refractivity contribution in [3.05, 3.63) is 78.3 Å². The summed E-state index contributed by atoms with van der Waals surface area (Å²) in [6.07, 6.45) is 3.15. The number of ether oxygens (including phenoxy) is 1. The van der Waals surface area contributed by atoms with Gasteiger partial charge in [0.05, 0.1) is 25.5 Å². The summed E-state index contributed by atoms with van der Waals surface area (Å²) in [7, 11) is 1.54. The second kappa shape index (κ2) is 8.87. The summed E-state index contributed by atoms with van der Waals surface area (Å²) in [5.41, 5.74) is 4.88. The van der Waals surface area contributed by atoms with Crippen molar-refractivity contribution in [2.24, 2.45) is 0 Å². The number of hydrogen-bond acceptors (Lipinski definition) is 4. The van der Waals surface area contributed by atoms with E-state index in [1.165, 1.54) is 0 Å². The Kier molecular flexibility index (Phi) is 6.06. The molecule has 0 bridgehead atoms. The molecule has 0 aliphatic heterocycles. The van der Waals surface area contributed by atoms with Crippen molar-refractivity contribution in [1.82, 2.24) is 5.48 Å². The molecule has 1 aromatic heterocycles. The van der Waals surface area contributed by atoms with Crippen molar-refractivity contribution in [3.8, 4) is 16.9 Å². The first-order chi connectivity index (χ1) is 12.8. The summed E-state index contributed by atoms with van der Waals surface area (Å²) in [6, 6.07) is 19.1. The third-order valence-corrected chi connectivity index (χ3v) is 3.97. The van der Waals surface area contributed by atoms with E-state index >= 15 is 0 Å². The van der Waals surface area contributed by atoms with E-state index in [1.807, 2.05) is 48.5 Å². The summed E-state index contributed by atoms with van der Waals surface area (Å²) in [5.74, 6) is 1.07. The zero-order valence-corrected chi connectivity index (χ0v) is 14.6. The van der Waals surface area contributed by atoms with Gasteiger partial charge < -0.3 is 9.15 Å². The van der Waals surface area contributed by atoms with Gasteiger partial charge in [-0.1, -0.05) is 36.4 Å². The van der Waals surface area contributed by atoms with Gasteiger partial charge in [-0.3, -0.25) is 9.63 Å². The number of rotatable bonds is 8. The first kappa shape index (κ1) is 17.8. The lowest BCUT2D eigenvalue weighted by Gasteiger charge is -2.11. The molecule has 1 amide bonds. The number of amides is 1. The number of carbonyl (C=O) groups excluding carboxylic acids is 1. The molecule has 0 saturated heterocycles. The van der Waals surface area contributed by atoms with Gasteiger partial charge in [0.1, 0.15) is 11.5 Å². The van der Waals surface area contributed by atoms with E-state index in [9.17, 15) is 4.79 Å². The van der Waals surface area contributed by atoms with Crippen LogP contribution in [0, 0.1) is 0 Å². The topological polar surface area (TPSA) is 60.7 Å². The van der Waals surface area contributed by atoms with Crippen LogP contribution in [-0.2, 0) is 11.3 Å². The van der Waals surface area contributed by atoms with Crippen LogP contribution in [-0.4, -0.2) is 19.6 Å². The molecule has 0 fully saturated rings. The number of methoxy groups -OCH3 is 1. The van der Waals surface area contributed by atoms with Gasteiger partial charge in [-0.2, -0.15) is 0 Å². The summed E-state index contributed by atoms with van der Waals surface area (Å²) in [5, 5.41) is 0. The molecule has 2 aromatic carbocycles. The third-order valence-electron chi connectivity index (χ3n) is 3.97. The fourth-order valence-corrected chi connectivity index (χ4v) is 2.64. The Hall–Kier alpha value is -3.05. The standard InChI is InChI=1S/C21H21NO4/c1-24-20-12-11-17(16-7-3-2-4-8-16)15-19(20)21(23)22-26-14-6-10-18-9-5-13-25-18/h2-5,7-9,11-13,15H,6,10,14H2,1H3,(H,22,23). The van der Waals surface area contributed by atoms with Crippen molar-refractivity contribution in [2.45, 2.75) is 12.8 Å². The lowest BCUT2D eigenvalue weighted by Crippen LogP contribution is -2.25. The number of hydroxylamine groups is 1. The van der Waals surface area contributed by atoms with Crippen LogP contribution in [0.15, 0.2) is 71.3 Å². The minimum Gasteiger partial charge on any atom is -0.496 e. The molecule has 1 heterocycles. The molecule has 1 N–H and O–H groups in total. The summed E-state index contributed by atoms with van der Waals surface area (Å²) in [6.45, 7) is 0.396. The van der Waals surface area contributed by atoms with E-state index in [0.29, 0.717) is 17.9 Å². The van der Waals surface area contributed by atoms with Crippen LogP contribution in [0.2, 0.25) is 0 Å². The van der Waals surface area contributed by atoms with Gasteiger partial charge in [0, 0.05) is 6.42 Å². The summed E-state index contributed by atoms with van der Waals surface area (Å²) < 4.78 is 10.6. The molecular weight excluding hydrogens is 330 g/mol. The van der Waals surface area contributed by atoms with E-state index in [2.05, 4.69) is 5.48 Å². The van der Waals surface area contributed by atoms with Crippen LogP contribution >= 0.6 is 0 Å². The molecule has 0 unspecified atom stereocenters. The largest absolute Gasteiger partial charge is 0.496 e. The molecule has 26 heavy (non-hydrogen) atoms. The molecule has 3 rings (SSSR count). The number of carbonyl (C=O) groups is 1. The van der Waals surface area contributed by atoms with E-state index in [1.54, 1.807) is 25.5 Å². The quantitative estimate of drug-likeness (QED) is 0.487. The Balaban J connectivity index is 1.60. The summed E-state index contributed by atoms with van der Waals surface area (Å²) >= 11 is 0. The number of nitrogens with one attached hydrogen (secondary N) is 1. The highest BCUT2D eigenvalue weighted by Gasteiger charge is 2.14. The predicted molar refractivity (Wildman–Crippen MR) is 98.9 cm³/mol. The molecule has 3 aromatic rings. The van der Waals surface area contributed by atoms with Gasteiger partial charge in [0.15, 0.2) is 0 Å². The first-order valence-corrected chi connectivity index (χ1v) is 8.46. The summed E-state index contributed by atoms with van der Waals surface area (Å²) in [4.78, 5) is 17.8. The van der Waals surface area contributed by atoms with Gasteiger partial charge >= 0.3 is 0 Å². The number of hydrogen-bond donors (Lipinski definition) is 1. The Morgan fingerprint density at radius 1 is 1.04 bits per heavy atom. The minimum absolute atomic E-state index is 0.336. The predicted octanol–water partition coefficient (Wildman–Crippen LogP) is 4.25. The van der Waals surface area contributed by atoms with E-state index in [0.717, 1.165) is 29.7 Å². The van der Waals surface area contributed by atoms with Crippen LogP contribution in [0.5, 0.6) is 5.75 Å². The zero-order chi connectivity index (χ0) is 18.2. The van der Waals surface area contributed by atoms with Crippen molar-refractivity contribution in [3.63, 3.8) is 0 Å². The van der Waals surface area contributed by atoms with Crippen LogP contribution in [0.1, 0.15) is 22.5 Å². The molecule has 134 valence electrons. The smallest absolute Gasteiger partial charge is 0.278 e. The van der Waals surface area contributed by atoms with Gasteiger partial charge in [0.2, 0.25) is 0 Å². The molecule has 5 heteroatoms. The second-order valence-electron chi connectivity index (χ2n) is 5.74. The van der Waals surface area contributed by atoms with Crippen molar-refractivity contribution < 1.29 is 18.8 Å². The average molecular weight is 351 g/mol. The number of furan rings is 1. The van der Waals surface area contributed by atoms with Crippen LogP contribution in [0.4, 0.5) is 0 Å². The highest BCUT2D eigenvalue weighted by Crippen LogP contribution is 2.26. The molecule has 0 spiro atoms. The maximum absolute atomic E-state index is 12.5. The van der Waals surface area contributed by atoms with Crippen LogP contribution in [0.25, 0.3) is 11.1 Å². The van der Waals surface area contributed by atoms with E-state index in [-0.39, 0.29) is 5.91 Å². The SMILES string of the molecule is COc1ccc(-c2ccccc2)cc1C(=O)NOCCCc1ccco1. The Morgan fingerprint density at radius 3 is 2.62 bits per heavy atom. The van der Waals surface area contributed by atoms with Crippen molar-refractivity contribution >= 4 is 5.91 Å². The Morgan fingerprint density at radius 2 is 1.88 bits per heavy atom. The maximum Gasteiger partial charge on any atom is 0.278 e.